The van der Waals surface area contributed by atoms with E-state index in [0.717, 1.165) is 0 Å². The Hall–Kier alpha value is -3.23. The van der Waals surface area contributed by atoms with Gasteiger partial charge in [-0.15, -0.1) is 5.10 Å². The van der Waals surface area contributed by atoms with Crippen LogP contribution in [0, 0.1) is 0 Å². The second-order valence-electron chi connectivity index (χ2n) is 4.48. The molecule has 1 aromatic heterocycles. The zero-order chi connectivity index (χ0) is 17.7. The van der Waals surface area contributed by atoms with Gasteiger partial charge in [0.25, 0.3) is 0 Å². The average molecular weight is 333 g/mol. The van der Waals surface area contributed by atoms with Crippen molar-refractivity contribution in [2.75, 3.05) is 20.8 Å². The van der Waals surface area contributed by atoms with Crippen LogP contribution in [0.5, 0.6) is 0 Å². The minimum Gasteiger partial charge on any atom is -0.465 e. The average Bonchev–Trinajstić information content (AvgIpc) is 3.10. The molecule has 0 N–H and O–H groups in total. The summed E-state index contributed by atoms with van der Waals surface area (Å²) < 4.78 is 15.4. The highest BCUT2D eigenvalue weighted by Gasteiger charge is 2.19. The molecule has 1 heterocycles. The molecular formula is C15H15N3O6. The van der Waals surface area contributed by atoms with Crippen LogP contribution in [0.2, 0.25) is 0 Å². The Kier molecular flexibility index (Phi) is 5.25. The van der Waals surface area contributed by atoms with Crippen molar-refractivity contribution >= 4 is 17.9 Å². The fraction of sp³-hybridized carbons (Fsp3) is 0.267. The van der Waals surface area contributed by atoms with Crippen LogP contribution < -0.4 is 0 Å². The molecule has 0 radical (unpaired) electrons. The lowest BCUT2D eigenvalue weighted by Crippen LogP contribution is -2.11. The molecule has 0 saturated heterocycles. The number of ether oxygens (including phenoxy) is 3. The van der Waals surface area contributed by atoms with E-state index in [1.54, 1.807) is 6.92 Å². The first-order chi connectivity index (χ1) is 11.5. The highest BCUT2D eigenvalue weighted by molar-refractivity contribution is 5.97. The molecule has 24 heavy (non-hydrogen) atoms. The zero-order valence-electron chi connectivity index (χ0n) is 13.3. The van der Waals surface area contributed by atoms with Gasteiger partial charge in [-0.05, 0) is 25.1 Å². The molecule has 0 spiro atoms. The summed E-state index contributed by atoms with van der Waals surface area (Å²) >= 11 is 0. The van der Waals surface area contributed by atoms with Crippen molar-refractivity contribution in [3.05, 3.63) is 41.2 Å². The van der Waals surface area contributed by atoms with Crippen LogP contribution in [0.3, 0.4) is 0 Å². The molecule has 2 rings (SSSR count). The van der Waals surface area contributed by atoms with Gasteiger partial charge in [0, 0.05) is 0 Å². The fourth-order valence-corrected chi connectivity index (χ4v) is 1.93. The number of esters is 3. The molecule has 9 heteroatoms. The molecule has 0 fully saturated rings. The summed E-state index contributed by atoms with van der Waals surface area (Å²) in [5, 5.41) is 7.50. The lowest BCUT2D eigenvalue weighted by Gasteiger charge is -2.09. The van der Waals surface area contributed by atoms with E-state index >= 15 is 0 Å². The van der Waals surface area contributed by atoms with E-state index in [-0.39, 0.29) is 29.1 Å². The Morgan fingerprint density at radius 2 is 1.79 bits per heavy atom. The minimum atomic E-state index is -0.646. The van der Waals surface area contributed by atoms with Gasteiger partial charge in [-0.2, -0.15) is 0 Å². The van der Waals surface area contributed by atoms with Crippen molar-refractivity contribution in [3.63, 3.8) is 0 Å². The molecule has 0 atom stereocenters. The van der Waals surface area contributed by atoms with Gasteiger partial charge < -0.3 is 14.2 Å². The maximum atomic E-state index is 11.9. The predicted octanol–water partition coefficient (Wildman–Crippen LogP) is 1.02. The molecule has 0 saturated carbocycles. The van der Waals surface area contributed by atoms with E-state index in [1.807, 2.05) is 0 Å². The largest absolute Gasteiger partial charge is 0.465 e. The van der Waals surface area contributed by atoms with Crippen molar-refractivity contribution in [3.8, 4) is 5.69 Å². The van der Waals surface area contributed by atoms with E-state index in [2.05, 4.69) is 15.0 Å². The number of rotatable bonds is 5. The van der Waals surface area contributed by atoms with Crippen LogP contribution in [0.15, 0.2) is 24.4 Å². The summed E-state index contributed by atoms with van der Waals surface area (Å²) in [7, 11) is 2.47. The van der Waals surface area contributed by atoms with Crippen LogP contribution in [0.1, 0.15) is 38.1 Å². The molecule has 0 amide bonds. The van der Waals surface area contributed by atoms with Crippen LogP contribution in [-0.2, 0) is 14.2 Å². The number of hydrogen-bond acceptors (Lipinski definition) is 8. The van der Waals surface area contributed by atoms with Crippen molar-refractivity contribution in [2.45, 2.75) is 6.92 Å². The summed E-state index contributed by atoms with van der Waals surface area (Å²) in [6, 6.07) is 4.21. The number of aromatic nitrogens is 3. The fourth-order valence-electron chi connectivity index (χ4n) is 1.93. The Morgan fingerprint density at radius 3 is 2.42 bits per heavy atom. The lowest BCUT2D eigenvalue weighted by molar-refractivity contribution is 0.0517. The lowest BCUT2D eigenvalue weighted by atomic mass is 10.1. The summed E-state index contributed by atoms with van der Waals surface area (Å²) in [6.07, 6.45) is 1.29. The smallest absolute Gasteiger partial charge is 0.360 e. The molecule has 1 aromatic carbocycles. The zero-order valence-corrected chi connectivity index (χ0v) is 13.3. The number of methoxy groups -OCH3 is 2. The highest BCUT2D eigenvalue weighted by Crippen LogP contribution is 2.18. The van der Waals surface area contributed by atoms with E-state index in [1.165, 1.54) is 43.3 Å². The highest BCUT2D eigenvalue weighted by atomic mass is 16.5. The summed E-state index contributed by atoms with van der Waals surface area (Å²) in [4.78, 5) is 35.3. The predicted molar refractivity (Wildman–Crippen MR) is 80.0 cm³/mol. The van der Waals surface area contributed by atoms with Crippen molar-refractivity contribution < 1.29 is 28.6 Å². The third-order valence-electron chi connectivity index (χ3n) is 3.05. The van der Waals surface area contributed by atoms with Gasteiger partial charge >= 0.3 is 17.9 Å². The second-order valence-corrected chi connectivity index (χ2v) is 4.48. The third-order valence-corrected chi connectivity index (χ3v) is 3.05. The van der Waals surface area contributed by atoms with Crippen LogP contribution >= 0.6 is 0 Å². The molecule has 126 valence electrons. The monoisotopic (exact) mass is 333 g/mol. The number of carbonyl (C=O) groups excluding carboxylic acids is 3. The SMILES string of the molecule is CCOC(=O)c1cn(-c2cc(C(=O)OC)ccc2C(=O)OC)nn1. The van der Waals surface area contributed by atoms with Gasteiger partial charge in [-0.1, -0.05) is 5.21 Å². The molecule has 0 aliphatic rings. The molecule has 0 aliphatic carbocycles. The number of hydrogen-bond donors (Lipinski definition) is 0. The van der Waals surface area contributed by atoms with E-state index in [0.29, 0.717) is 0 Å². The normalized spacial score (nSPS) is 10.1. The number of carbonyl (C=O) groups is 3. The Labute approximate surface area is 137 Å². The third kappa shape index (κ3) is 3.40. The van der Waals surface area contributed by atoms with Crippen LogP contribution in [0.25, 0.3) is 5.69 Å². The standard InChI is InChI=1S/C15H15N3O6/c1-4-24-15(21)11-8-18(17-16-11)12-7-9(13(19)22-2)5-6-10(12)14(20)23-3/h5-8H,4H2,1-3H3. The van der Waals surface area contributed by atoms with E-state index in [4.69, 9.17) is 9.47 Å². The van der Waals surface area contributed by atoms with Gasteiger partial charge in [-0.25, -0.2) is 19.1 Å². The molecule has 0 bridgehead atoms. The minimum absolute atomic E-state index is 0.0314. The van der Waals surface area contributed by atoms with Gasteiger partial charge in [0.15, 0.2) is 5.69 Å². The van der Waals surface area contributed by atoms with Crippen molar-refractivity contribution in [1.29, 1.82) is 0 Å². The summed E-state index contributed by atoms with van der Waals surface area (Å²) in [6.45, 7) is 1.86. The Balaban J connectivity index is 2.51. The van der Waals surface area contributed by atoms with E-state index < -0.39 is 17.9 Å². The van der Waals surface area contributed by atoms with Crippen LogP contribution in [-0.4, -0.2) is 53.7 Å². The maximum Gasteiger partial charge on any atom is 0.360 e. The first kappa shape index (κ1) is 17.1. The summed E-state index contributed by atoms with van der Waals surface area (Å²) in [5.74, 6) is -1.86. The van der Waals surface area contributed by atoms with Crippen molar-refractivity contribution in [2.24, 2.45) is 0 Å². The van der Waals surface area contributed by atoms with E-state index in [9.17, 15) is 14.4 Å². The quantitative estimate of drug-likeness (QED) is 0.589. The molecular weight excluding hydrogens is 318 g/mol. The molecule has 0 unspecified atom stereocenters. The molecule has 0 aliphatic heterocycles. The molecule has 9 nitrogen and oxygen atoms in total. The first-order valence-electron chi connectivity index (χ1n) is 6.92. The van der Waals surface area contributed by atoms with Gasteiger partial charge in [-0.3, -0.25) is 0 Å². The van der Waals surface area contributed by atoms with Gasteiger partial charge in [0.05, 0.1) is 43.8 Å². The number of benzene rings is 1. The maximum absolute atomic E-state index is 11.9. The van der Waals surface area contributed by atoms with Gasteiger partial charge in [0.2, 0.25) is 0 Å². The summed E-state index contributed by atoms with van der Waals surface area (Å²) in [5.41, 5.74) is 0.530. The Bertz CT molecular complexity index is 783. The Morgan fingerprint density at radius 1 is 1.08 bits per heavy atom. The number of nitrogens with zero attached hydrogens (tertiary/aromatic N) is 3. The van der Waals surface area contributed by atoms with Crippen molar-refractivity contribution in [1.82, 2.24) is 15.0 Å². The van der Waals surface area contributed by atoms with Gasteiger partial charge in [0.1, 0.15) is 0 Å². The second kappa shape index (κ2) is 7.36. The first-order valence-corrected chi connectivity index (χ1v) is 6.92. The topological polar surface area (TPSA) is 110 Å². The van der Waals surface area contributed by atoms with Crippen LogP contribution in [0.4, 0.5) is 0 Å². The molecule has 2 aromatic rings.